The molecule has 0 amide bonds. The van der Waals surface area contributed by atoms with E-state index < -0.39 is 11.4 Å². The molecule has 8 heteroatoms. The lowest BCUT2D eigenvalue weighted by molar-refractivity contribution is 0.258. The molecule has 3 aromatic rings. The smallest absolute Gasteiger partial charge is 0.440 e. The number of ether oxygens (including phenoxy) is 1. The van der Waals surface area contributed by atoms with Crippen LogP contribution >= 0.6 is 27.5 Å². The molecule has 6 nitrogen and oxygen atoms in total. The van der Waals surface area contributed by atoms with Crippen LogP contribution in [0.15, 0.2) is 61.0 Å². The van der Waals surface area contributed by atoms with Gasteiger partial charge in [0.1, 0.15) is 12.4 Å². The lowest BCUT2D eigenvalue weighted by atomic mass is 10.2. The maximum atomic E-state index is 11.4. The van der Waals surface area contributed by atoms with Crippen molar-refractivity contribution in [1.29, 1.82) is 0 Å². The molecule has 0 atom stereocenters. The first-order valence-electron chi connectivity index (χ1n) is 6.97. The van der Waals surface area contributed by atoms with E-state index in [-0.39, 0.29) is 6.54 Å². The van der Waals surface area contributed by atoms with E-state index in [0.29, 0.717) is 17.4 Å². The number of rotatable bonds is 5. The Morgan fingerprint density at radius 1 is 1.17 bits per heavy atom. The molecule has 0 aliphatic heterocycles. The van der Waals surface area contributed by atoms with Gasteiger partial charge in [-0.15, -0.1) is 4.74 Å². The van der Waals surface area contributed by atoms with Crippen molar-refractivity contribution in [2.75, 3.05) is 0 Å². The Bertz CT molecular complexity index is 959. The molecule has 24 heavy (non-hydrogen) atoms. The van der Waals surface area contributed by atoms with Crippen LogP contribution in [-0.2, 0) is 13.2 Å². The molecule has 0 unspecified atom stereocenters. The first kappa shape index (κ1) is 16.6. The van der Waals surface area contributed by atoms with Crippen LogP contribution in [0.1, 0.15) is 11.1 Å². The highest BCUT2D eigenvalue weighted by atomic mass is 79.9. The molecule has 1 aromatic heterocycles. The maximum absolute atomic E-state index is 11.4. The van der Waals surface area contributed by atoms with Gasteiger partial charge >= 0.3 is 11.4 Å². The Hall–Kier alpha value is -2.25. The van der Waals surface area contributed by atoms with Gasteiger partial charge in [-0.2, -0.15) is 0 Å². The van der Waals surface area contributed by atoms with E-state index in [1.807, 2.05) is 17.1 Å². The summed E-state index contributed by atoms with van der Waals surface area (Å²) < 4.78 is 12.3. The number of aromatic amines is 1. The fraction of sp³-hybridized carbons (Fsp3) is 0.125. The SMILES string of the molecule is O=c1[nH]c(=O)n(Cc2ccc(OCc3cc(Br)ccc3Cl)cc2)o1. The highest BCUT2D eigenvalue weighted by molar-refractivity contribution is 9.10. The number of hydrogen-bond donors (Lipinski definition) is 1. The van der Waals surface area contributed by atoms with Gasteiger partial charge in [0.2, 0.25) is 0 Å². The van der Waals surface area contributed by atoms with Gasteiger partial charge in [-0.25, -0.2) is 14.6 Å². The summed E-state index contributed by atoms with van der Waals surface area (Å²) in [6, 6.07) is 12.7. The average molecular weight is 412 g/mol. The van der Waals surface area contributed by atoms with E-state index in [0.717, 1.165) is 20.3 Å². The van der Waals surface area contributed by atoms with Gasteiger partial charge in [-0.05, 0) is 35.9 Å². The summed E-state index contributed by atoms with van der Waals surface area (Å²) in [6.45, 7) is 0.499. The summed E-state index contributed by atoms with van der Waals surface area (Å²) >= 11 is 9.52. The Morgan fingerprint density at radius 2 is 1.92 bits per heavy atom. The lowest BCUT2D eigenvalue weighted by Gasteiger charge is -2.09. The third-order valence-corrected chi connectivity index (χ3v) is 4.14. The maximum Gasteiger partial charge on any atom is 0.440 e. The van der Waals surface area contributed by atoms with Gasteiger partial charge in [0.05, 0.1) is 6.54 Å². The van der Waals surface area contributed by atoms with Crippen LogP contribution in [0.25, 0.3) is 0 Å². The van der Waals surface area contributed by atoms with E-state index in [1.165, 1.54) is 0 Å². The Kier molecular flexibility index (Phi) is 4.92. The molecule has 124 valence electrons. The van der Waals surface area contributed by atoms with Crippen LogP contribution in [-0.4, -0.2) is 9.72 Å². The normalized spacial score (nSPS) is 10.8. The zero-order chi connectivity index (χ0) is 17.1. The molecule has 0 radical (unpaired) electrons. The zero-order valence-corrected chi connectivity index (χ0v) is 14.6. The van der Waals surface area contributed by atoms with Crippen molar-refractivity contribution in [1.82, 2.24) is 9.72 Å². The number of nitrogens with one attached hydrogen (secondary N) is 1. The standard InChI is InChI=1S/C16H12BrClN2O4/c17-12-3-6-14(18)11(7-12)9-23-13-4-1-10(2-5-13)8-20-15(21)19-16(22)24-20/h1-7H,8-9H2,(H,19,21,22). The number of benzene rings is 2. The van der Waals surface area contributed by atoms with Gasteiger partial charge in [-0.1, -0.05) is 39.7 Å². The predicted octanol–water partition coefficient (Wildman–Crippen LogP) is 3.17. The Labute approximate surface area is 149 Å². The molecule has 3 rings (SSSR count). The van der Waals surface area contributed by atoms with Crippen molar-refractivity contribution in [3.8, 4) is 5.75 Å². The van der Waals surface area contributed by atoms with Crippen molar-refractivity contribution in [3.63, 3.8) is 0 Å². The number of aromatic nitrogens is 2. The van der Waals surface area contributed by atoms with E-state index in [1.54, 1.807) is 30.3 Å². The monoisotopic (exact) mass is 410 g/mol. The van der Waals surface area contributed by atoms with Crippen LogP contribution in [0.3, 0.4) is 0 Å². The minimum atomic E-state index is -0.772. The van der Waals surface area contributed by atoms with Crippen LogP contribution in [0.4, 0.5) is 0 Å². The summed E-state index contributed by atoms with van der Waals surface area (Å²) in [5.41, 5.74) is 1.09. The molecule has 0 saturated heterocycles. The number of nitrogens with zero attached hydrogens (tertiary/aromatic N) is 1. The topological polar surface area (TPSA) is 77.2 Å². The van der Waals surface area contributed by atoms with Crippen molar-refractivity contribution >= 4 is 27.5 Å². The first-order valence-corrected chi connectivity index (χ1v) is 8.14. The van der Waals surface area contributed by atoms with E-state index >= 15 is 0 Å². The first-order chi connectivity index (χ1) is 11.5. The minimum absolute atomic E-state index is 0.162. The molecule has 0 aliphatic carbocycles. The van der Waals surface area contributed by atoms with Gasteiger partial charge < -0.3 is 9.26 Å². The largest absolute Gasteiger partial charge is 0.489 e. The molecular weight excluding hydrogens is 400 g/mol. The molecule has 0 spiro atoms. The van der Waals surface area contributed by atoms with Crippen LogP contribution < -0.4 is 16.2 Å². The molecule has 0 aliphatic rings. The predicted molar refractivity (Wildman–Crippen MR) is 92.6 cm³/mol. The summed E-state index contributed by atoms with van der Waals surface area (Å²) in [5, 5.41) is 0.636. The molecule has 0 saturated carbocycles. The molecule has 0 fully saturated rings. The Balaban J connectivity index is 1.66. The van der Waals surface area contributed by atoms with Crippen molar-refractivity contribution < 1.29 is 9.26 Å². The molecule has 1 heterocycles. The van der Waals surface area contributed by atoms with Crippen LogP contribution in [0, 0.1) is 0 Å². The van der Waals surface area contributed by atoms with Gasteiger partial charge in [0.25, 0.3) is 0 Å². The fourth-order valence-corrected chi connectivity index (χ4v) is 2.67. The van der Waals surface area contributed by atoms with Crippen LogP contribution in [0.2, 0.25) is 5.02 Å². The quantitative estimate of drug-likeness (QED) is 0.699. The second kappa shape index (κ2) is 7.11. The van der Waals surface area contributed by atoms with Gasteiger partial charge in [0, 0.05) is 15.1 Å². The van der Waals surface area contributed by atoms with Gasteiger partial charge in [0.15, 0.2) is 0 Å². The van der Waals surface area contributed by atoms with Crippen LogP contribution in [0.5, 0.6) is 5.75 Å². The second-order valence-corrected chi connectivity index (χ2v) is 6.34. The van der Waals surface area contributed by atoms with E-state index in [2.05, 4.69) is 15.9 Å². The third kappa shape index (κ3) is 3.98. The zero-order valence-electron chi connectivity index (χ0n) is 12.3. The summed E-state index contributed by atoms with van der Waals surface area (Å²) in [6.07, 6.45) is 0. The molecular formula is C16H12BrClN2O4. The summed E-state index contributed by atoms with van der Waals surface area (Å²) in [4.78, 5) is 24.4. The molecule has 0 bridgehead atoms. The lowest BCUT2D eigenvalue weighted by Crippen LogP contribution is -2.17. The highest BCUT2D eigenvalue weighted by Crippen LogP contribution is 2.23. The third-order valence-electron chi connectivity index (χ3n) is 3.28. The van der Waals surface area contributed by atoms with Gasteiger partial charge in [-0.3, -0.25) is 0 Å². The molecule has 1 N–H and O–H groups in total. The van der Waals surface area contributed by atoms with Crippen molar-refractivity contribution in [3.05, 3.63) is 84.1 Å². The van der Waals surface area contributed by atoms with Crippen molar-refractivity contribution in [2.45, 2.75) is 13.2 Å². The van der Waals surface area contributed by atoms with Crippen molar-refractivity contribution in [2.24, 2.45) is 0 Å². The average Bonchev–Trinajstić information content (AvgIpc) is 2.87. The number of hydrogen-bond acceptors (Lipinski definition) is 4. The number of H-pyrrole nitrogens is 1. The fourth-order valence-electron chi connectivity index (χ4n) is 2.09. The molecule has 2 aromatic carbocycles. The second-order valence-electron chi connectivity index (χ2n) is 5.01. The highest BCUT2D eigenvalue weighted by Gasteiger charge is 2.05. The summed E-state index contributed by atoms with van der Waals surface area (Å²) in [7, 11) is 0. The summed E-state index contributed by atoms with van der Waals surface area (Å²) in [5.74, 6) is -0.108. The number of halogens is 2. The minimum Gasteiger partial charge on any atom is -0.489 e. The van der Waals surface area contributed by atoms with E-state index in [9.17, 15) is 9.59 Å². The van der Waals surface area contributed by atoms with E-state index in [4.69, 9.17) is 20.9 Å². The Morgan fingerprint density at radius 3 is 2.58 bits per heavy atom.